The molecule has 11 atom stereocenters. The van der Waals surface area contributed by atoms with E-state index in [-0.39, 0.29) is 40.4 Å². The van der Waals surface area contributed by atoms with Gasteiger partial charge in [0.25, 0.3) is 0 Å². The highest BCUT2D eigenvalue weighted by Gasteiger charge is 2.74. The minimum absolute atomic E-state index is 0.00157. The van der Waals surface area contributed by atoms with Crippen LogP contribution in [0.25, 0.3) is 0 Å². The van der Waals surface area contributed by atoms with Crippen molar-refractivity contribution >= 4 is 15.8 Å². The molecule has 10 rings (SSSR count). The van der Waals surface area contributed by atoms with E-state index >= 15 is 0 Å². The zero-order valence-electron chi connectivity index (χ0n) is 29.0. The monoisotopic (exact) mass is 661 g/mol. The molecule has 2 N–H and O–H groups in total. The molecule has 1 aromatic rings. The summed E-state index contributed by atoms with van der Waals surface area (Å²) in [7, 11) is -3.56. The molecule has 6 saturated carbocycles. The van der Waals surface area contributed by atoms with Crippen LogP contribution in [0, 0.1) is 56.7 Å². The van der Waals surface area contributed by atoms with Gasteiger partial charge in [0, 0.05) is 40.5 Å². The molecule has 6 fully saturated rings. The molecule has 7 heteroatoms. The maximum atomic E-state index is 14.7. The average molecular weight is 662 g/mol. The Morgan fingerprint density at radius 2 is 1.60 bits per heavy atom. The summed E-state index contributed by atoms with van der Waals surface area (Å²) in [5.74, 6) is 1.86. The van der Waals surface area contributed by atoms with Crippen LogP contribution < -0.4 is 0 Å². The Labute approximate surface area is 282 Å². The van der Waals surface area contributed by atoms with E-state index in [0.29, 0.717) is 36.8 Å². The highest BCUT2D eigenvalue weighted by atomic mass is 32.2. The highest BCUT2D eigenvalue weighted by molar-refractivity contribution is 7.88. The van der Waals surface area contributed by atoms with Gasteiger partial charge in [-0.1, -0.05) is 76.3 Å². The van der Waals surface area contributed by atoms with Gasteiger partial charge >= 0.3 is 0 Å². The zero-order valence-corrected chi connectivity index (χ0v) is 29.9. The van der Waals surface area contributed by atoms with E-state index in [1.165, 1.54) is 12.7 Å². The standard InChI is InChI=1S/C40H55NO5S/c1-35(2)28-12-11-27(30(35)21-28)24-41(47(5,45)46)25-39(44)18-15-33-37(39,4)17-14-32-36(3)16-13-29(42)22-38(36)19-20-40(32,33)31(23-38)34(43)26-9-7-6-8-10-26/h6-10,19-20,23,27-30,32-33,42,44H,11-18,21-22,24-25H2,1-5H3/t27-,28-,29?,30-,32+,33+,36+,37-,38-,39+,40+/m0/s1. The molecule has 2 spiro atoms. The Morgan fingerprint density at radius 3 is 2.28 bits per heavy atom. The van der Waals surface area contributed by atoms with Crippen LogP contribution in [0.5, 0.6) is 0 Å². The van der Waals surface area contributed by atoms with Gasteiger partial charge in [-0.15, -0.1) is 0 Å². The quantitative estimate of drug-likeness (QED) is 0.248. The van der Waals surface area contributed by atoms with Gasteiger partial charge in [-0.25, -0.2) is 8.42 Å². The normalized spacial score (nSPS) is 47.4. The SMILES string of the molecule is CC1(C)[C@H]2CC[C@@H](CN(C[C@]3(O)CC[C@H]4[C@]56C=C[C@@]7(C=C5C(=O)c5ccccc5)CC(O)CC[C@]7(C)[C@H]6CC[C@@]43C)S(C)(=O)=O)[C@@H]1C2. The molecule has 9 aliphatic rings. The first-order valence-corrected chi connectivity index (χ1v) is 20.2. The number of Topliss-reactive ketones (excluding diaryl/α,β-unsaturated/α-hetero) is 1. The number of hydrogen-bond acceptors (Lipinski definition) is 5. The number of nitrogens with zero attached hydrogens (tertiary/aromatic N) is 1. The molecule has 0 aliphatic heterocycles. The van der Waals surface area contributed by atoms with Crippen LogP contribution in [0.3, 0.4) is 0 Å². The van der Waals surface area contributed by atoms with Crippen molar-refractivity contribution in [3.8, 4) is 0 Å². The number of fused-ring (bicyclic) bond motifs is 3. The smallest absolute Gasteiger partial charge is 0.211 e. The Bertz CT molecular complexity index is 1650. The van der Waals surface area contributed by atoms with Gasteiger partial charge in [0.05, 0.1) is 18.0 Å². The lowest BCUT2D eigenvalue weighted by atomic mass is 9.32. The number of allylic oxidation sites excluding steroid dienone is 4. The van der Waals surface area contributed by atoms with Crippen molar-refractivity contribution < 1.29 is 23.4 Å². The van der Waals surface area contributed by atoms with Gasteiger partial charge in [0.2, 0.25) is 10.0 Å². The zero-order chi connectivity index (χ0) is 33.4. The lowest BCUT2D eigenvalue weighted by Crippen LogP contribution is -2.67. The lowest BCUT2D eigenvalue weighted by Gasteiger charge is -2.71. The van der Waals surface area contributed by atoms with Gasteiger partial charge in [-0.2, -0.15) is 4.31 Å². The van der Waals surface area contributed by atoms with Crippen molar-refractivity contribution in [2.75, 3.05) is 19.3 Å². The number of sulfonamides is 1. The van der Waals surface area contributed by atoms with E-state index in [0.717, 1.165) is 56.4 Å². The molecule has 9 aliphatic carbocycles. The predicted octanol–water partition coefficient (Wildman–Crippen LogP) is 6.79. The molecule has 0 amide bonds. The van der Waals surface area contributed by atoms with Crippen LogP contribution in [-0.2, 0) is 10.0 Å². The number of benzene rings is 1. The van der Waals surface area contributed by atoms with Crippen LogP contribution >= 0.6 is 0 Å². The summed E-state index contributed by atoms with van der Waals surface area (Å²) in [5, 5.41) is 23.9. The topological polar surface area (TPSA) is 94.9 Å². The number of carbonyl (C=O) groups excluding carboxylic acids is 1. The third-order valence-corrected chi connectivity index (χ3v) is 17.6. The average Bonchev–Trinajstić information content (AvgIpc) is 3.30. The number of aliphatic hydroxyl groups excluding tert-OH is 1. The minimum atomic E-state index is -3.56. The van der Waals surface area contributed by atoms with E-state index in [1.807, 2.05) is 30.3 Å². The molecule has 0 radical (unpaired) electrons. The molecule has 1 unspecified atom stereocenters. The summed E-state index contributed by atoms with van der Waals surface area (Å²) in [4.78, 5) is 14.7. The first-order valence-electron chi connectivity index (χ1n) is 18.4. The van der Waals surface area contributed by atoms with Crippen molar-refractivity contribution in [3.05, 3.63) is 59.7 Å². The van der Waals surface area contributed by atoms with Crippen LogP contribution in [0.1, 0.15) is 102 Å². The lowest BCUT2D eigenvalue weighted by molar-refractivity contribution is -0.174. The number of aliphatic hydroxyl groups is 2. The molecule has 256 valence electrons. The number of carbonyl (C=O) groups is 1. The van der Waals surface area contributed by atoms with Gasteiger partial charge in [-0.05, 0) is 105 Å². The highest BCUT2D eigenvalue weighted by Crippen LogP contribution is 2.78. The number of hydrogen-bond donors (Lipinski definition) is 2. The van der Waals surface area contributed by atoms with Gasteiger partial charge < -0.3 is 10.2 Å². The van der Waals surface area contributed by atoms with E-state index in [2.05, 4.69) is 45.9 Å². The molecule has 0 heterocycles. The van der Waals surface area contributed by atoms with Crippen LogP contribution in [0.15, 0.2) is 54.1 Å². The summed E-state index contributed by atoms with van der Waals surface area (Å²) in [6.45, 7) is 9.91. The van der Waals surface area contributed by atoms with E-state index in [9.17, 15) is 23.4 Å². The Morgan fingerprint density at radius 1 is 0.915 bits per heavy atom. The molecular formula is C40H55NO5S. The number of rotatable bonds is 7. The summed E-state index contributed by atoms with van der Waals surface area (Å²) >= 11 is 0. The van der Waals surface area contributed by atoms with Crippen LogP contribution in [0.4, 0.5) is 0 Å². The first kappa shape index (κ1) is 32.4. The Balaban J connectivity index is 1.18. The fourth-order valence-electron chi connectivity index (χ4n) is 13.4. The molecule has 47 heavy (non-hydrogen) atoms. The third kappa shape index (κ3) is 4.18. The molecule has 4 bridgehead atoms. The van der Waals surface area contributed by atoms with E-state index in [4.69, 9.17) is 0 Å². The summed E-state index contributed by atoms with van der Waals surface area (Å²) in [6, 6.07) is 9.58. The first-order chi connectivity index (χ1) is 22.0. The maximum Gasteiger partial charge on any atom is 0.211 e. The molecular weight excluding hydrogens is 607 g/mol. The summed E-state index contributed by atoms with van der Waals surface area (Å²) in [5.41, 5.74) is -1.01. The van der Waals surface area contributed by atoms with Crippen molar-refractivity contribution in [1.82, 2.24) is 4.31 Å². The van der Waals surface area contributed by atoms with Crippen molar-refractivity contribution in [1.29, 1.82) is 0 Å². The third-order valence-electron chi connectivity index (χ3n) is 16.3. The predicted molar refractivity (Wildman–Crippen MR) is 184 cm³/mol. The Kier molecular flexibility index (Phi) is 6.99. The van der Waals surface area contributed by atoms with Crippen LogP contribution in [0.2, 0.25) is 0 Å². The van der Waals surface area contributed by atoms with Gasteiger partial charge in [0.15, 0.2) is 5.78 Å². The second-order valence-corrected chi connectivity index (χ2v) is 20.2. The minimum Gasteiger partial charge on any atom is -0.393 e. The van der Waals surface area contributed by atoms with Crippen molar-refractivity contribution in [3.63, 3.8) is 0 Å². The molecule has 6 nitrogen and oxygen atoms in total. The molecule has 0 aromatic heterocycles. The fraction of sp³-hybridized carbons (Fsp3) is 0.725. The summed E-state index contributed by atoms with van der Waals surface area (Å²) < 4.78 is 28.6. The molecule has 1 aromatic carbocycles. The number of ketones is 1. The maximum absolute atomic E-state index is 14.7. The van der Waals surface area contributed by atoms with Crippen molar-refractivity contribution in [2.24, 2.45) is 56.7 Å². The van der Waals surface area contributed by atoms with E-state index < -0.39 is 32.6 Å². The van der Waals surface area contributed by atoms with Crippen molar-refractivity contribution in [2.45, 2.75) is 104 Å². The summed E-state index contributed by atoms with van der Waals surface area (Å²) in [6.07, 6.45) is 16.5. The second kappa shape index (κ2) is 10.1. The Hall–Kier alpha value is -1.80. The largest absolute Gasteiger partial charge is 0.393 e. The fourth-order valence-corrected chi connectivity index (χ4v) is 14.3. The molecule has 0 saturated heterocycles. The van der Waals surface area contributed by atoms with Crippen LogP contribution in [-0.4, -0.2) is 59.8 Å². The van der Waals surface area contributed by atoms with Gasteiger partial charge in [0.1, 0.15) is 0 Å². The van der Waals surface area contributed by atoms with E-state index in [1.54, 1.807) is 4.31 Å². The van der Waals surface area contributed by atoms with Gasteiger partial charge in [-0.3, -0.25) is 4.79 Å². The second-order valence-electron chi connectivity index (χ2n) is 18.3.